The minimum absolute atomic E-state index is 0.194. The van der Waals surface area contributed by atoms with Crippen molar-refractivity contribution in [2.45, 2.75) is 19.4 Å². The van der Waals surface area contributed by atoms with Gasteiger partial charge in [0.05, 0.1) is 12.6 Å². The lowest BCUT2D eigenvalue weighted by Crippen LogP contribution is -2.37. The Bertz CT molecular complexity index is 520. The van der Waals surface area contributed by atoms with E-state index in [2.05, 4.69) is 15.1 Å². The van der Waals surface area contributed by atoms with E-state index in [-0.39, 0.29) is 11.6 Å². The summed E-state index contributed by atoms with van der Waals surface area (Å²) in [7, 11) is 1.00. The summed E-state index contributed by atoms with van der Waals surface area (Å²) < 4.78 is 5.09. The second-order valence-corrected chi connectivity index (χ2v) is 3.92. The van der Waals surface area contributed by atoms with Crippen molar-refractivity contribution in [1.29, 1.82) is 0 Å². The highest BCUT2D eigenvalue weighted by Crippen LogP contribution is 2.08. The Morgan fingerprint density at radius 3 is 2.62 bits per heavy atom. The van der Waals surface area contributed by atoms with Gasteiger partial charge in [0.1, 0.15) is 6.34 Å². The summed E-state index contributed by atoms with van der Waals surface area (Å²) in [4.78, 5) is 25.3. The van der Waals surface area contributed by atoms with Crippen LogP contribution in [0.25, 0.3) is 0 Å². The smallest absolute Gasteiger partial charge is 0.325 e. The first-order valence-electron chi connectivity index (χ1n) is 6.13. The van der Waals surface area contributed by atoms with Crippen LogP contribution >= 0.6 is 0 Å². The normalized spacial score (nSPS) is 16.7. The fourth-order valence-electron chi connectivity index (χ4n) is 1.38. The van der Waals surface area contributed by atoms with E-state index in [9.17, 15) is 9.59 Å². The second-order valence-electron chi connectivity index (χ2n) is 3.92. The molecule has 1 aliphatic heterocycles. The number of hydrazine groups is 1. The number of H-pyrrole nitrogens is 2. The van der Waals surface area contributed by atoms with Gasteiger partial charge in [-0.05, 0) is 13.3 Å². The zero-order valence-corrected chi connectivity index (χ0v) is 12.1. The summed E-state index contributed by atoms with van der Waals surface area (Å²) in [5.41, 5.74) is 4.75. The van der Waals surface area contributed by atoms with Crippen LogP contribution < -0.4 is 22.8 Å². The number of aryl methyl sites for hydroxylation is 1. The number of aliphatic hydroxyl groups excluding tert-OH is 1. The standard InChI is InChI=1S/C5H12N4O.C5H6N2O2.CH4O/c6-4-8-9(7)5-1-2-10-3-5;1-3-2-6-5(9)7-4(3)8;1-2/h4-5H,1-3,7H2,(H2,6,8);2H,1H3,(H2,6,7,8,9);2H,1H3. The van der Waals surface area contributed by atoms with Crippen LogP contribution in [0.3, 0.4) is 0 Å². The molecule has 0 bridgehead atoms. The van der Waals surface area contributed by atoms with Gasteiger partial charge in [0, 0.05) is 25.5 Å². The molecule has 1 unspecified atom stereocenters. The van der Waals surface area contributed by atoms with E-state index in [4.69, 9.17) is 21.4 Å². The maximum Gasteiger partial charge on any atom is 0.325 e. The molecule has 7 N–H and O–H groups in total. The molecule has 10 heteroatoms. The van der Waals surface area contributed by atoms with E-state index in [0.717, 1.165) is 20.1 Å². The van der Waals surface area contributed by atoms with Crippen molar-refractivity contribution in [2.24, 2.45) is 16.7 Å². The largest absolute Gasteiger partial charge is 0.400 e. The lowest BCUT2D eigenvalue weighted by atomic mass is 10.3. The maximum absolute atomic E-state index is 10.6. The fourth-order valence-corrected chi connectivity index (χ4v) is 1.38. The van der Waals surface area contributed by atoms with Gasteiger partial charge in [0.25, 0.3) is 5.56 Å². The van der Waals surface area contributed by atoms with Crippen molar-refractivity contribution >= 4 is 6.34 Å². The summed E-state index contributed by atoms with van der Waals surface area (Å²) in [6.45, 7) is 3.03. The fraction of sp³-hybridized carbons (Fsp3) is 0.545. The number of aromatic amines is 2. The number of nitrogens with two attached hydrogens (primary N) is 2. The molecular weight excluding hydrogens is 280 g/mol. The molecule has 2 heterocycles. The van der Waals surface area contributed by atoms with Gasteiger partial charge in [-0.25, -0.2) is 15.8 Å². The van der Waals surface area contributed by atoms with Crippen molar-refractivity contribution in [2.75, 3.05) is 20.3 Å². The Morgan fingerprint density at radius 1 is 1.52 bits per heavy atom. The summed E-state index contributed by atoms with van der Waals surface area (Å²) in [6.07, 6.45) is 3.48. The molecule has 1 saturated heterocycles. The number of hydrazone groups is 1. The van der Waals surface area contributed by atoms with E-state index >= 15 is 0 Å². The summed E-state index contributed by atoms with van der Waals surface area (Å²) in [5, 5.41) is 12.0. The van der Waals surface area contributed by atoms with Crippen molar-refractivity contribution in [3.63, 3.8) is 0 Å². The zero-order chi connectivity index (χ0) is 16.3. The third kappa shape index (κ3) is 7.25. The van der Waals surface area contributed by atoms with Crippen LogP contribution in [0.5, 0.6) is 0 Å². The van der Waals surface area contributed by atoms with Gasteiger partial charge in [-0.3, -0.25) is 9.78 Å². The van der Waals surface area contributed by atoms with E-state index < -0.39 is 5.69 Å². The molecule has 0 aliphatic carbocycles. The molecule has 1 atom stereocenters. The second kappa shape index (κ2) is 10.6. The van der Waals surface area contributed by atoms with Gasteiger partial charge in [0.2, 0.25) is 0 Å². The molecule has 120 valence electrons. The van der Waals surface area contributed by atoms with Crippen LogP contribution in [-0.4, -0.2) is 52.9 Å². The number of nitrogens with zero attached hydrogens (tertiary/aromatic N) is 2. The minimum atomic E-state index is -0.467. The van der Waals surface area contributed by atoms with Gasteiger partial charge >= 0.3 is 5.69 Å². The molecule has 21 heavy (non-hydrogen) atoms. The maximum atomic E-state index is 10.6. The van der Waals surface area contributed by atoms with Crippen molar-refractivity contribution in [3.05, 3.63) is 32.6 Å². The van der Waals surface area contributed by atoms with Crippen LogP contribution in [0.1, 0.15) is 12.0 Å². The van der Waals surface area contributed by atoms with Crippen LogP contribution in [-0.2, 0) is 4.74 Å². The van der Waals surface area contributed by atoms with Crippen molar-refractivity contribution < 1.29 is 9.84 Å². The minimum Gasteiger partial charge on any atom is -0.400 e. The number of hydrogen-bond donors (Lipinski definition) is 5. The first-order chi connectivity index (χ1) is 10.0. The van der Waals surface area contributed by atoms with Gasteiger partial charge in [-0.2, -0.15) is 5.10 Å². The van der Waals surface area contributed by atoms with E-state index in [1.165, 1.54) is 17.7 Å². The molecule has 0 saturated carbocycles. The first-order valence-corrected chi connectivity index (χ1v) is 6.13. The molecule has 1 fully saturated rings. The average molecular weight is 302 g/mol. The highest BCUT2D eigenvalue weighted by Gasteiger charge is 2.19. The topological polar surface area (TPSA) is 163 Å². The Morgan fingerprint density at radius 2 is 2.19 bits per heavy atom. The number of nitrogens with one attached hydrogen (secondary N) is 2. The Balaban J connectivity index is 0.000000342. The number of hydrogen-bond acceptors (Lipinski definition) is 7. The van der Waals surface area contributed by atoms with Gasteiger partial charge in [-0.15, -0.1) is 0 Å². The van der Waals surface area contributed by atoms with E-state index in [1.54, 1.807) is 6.92 Å². The van der Waals surface area contributed by atoms with Gasteiger partial charge in [-0.1, -0.05) is 0 Å². The molecular formula is C11H22N6O4. The van der Waals surface area contributed by atoms with Crippen molar-refractivity contribution in [3.8, 4) is 0 Å². The zero-order valence-electron chi connectivity index (χ0n) is 12.1. The number of aromatic nitrogens is 2. The molecule has 2 rings (SSSR count). The molecule has 1 aromatic rings. The third-order valence-electron chi connectivity index (χ3n) is 2.48. The molecule has 1 aliphatic rings. The predicted octanol–water partition coefficient (Wildman–Crippen LogP) is -2.17. The highest BCUT2D eigenvalue weighted by atomic mass is 16.5. The monoisotopic (exact) mass is 302 g/mol. The van der Waals surface area contributed by atoms with Crippen LogP contribution in [0.4, 0.5) is 0 Å². The lowest BCUT2D eigenvalue weighted by molar-refractivity contribution is 0.148. The Kier molecular flexibility index (Phi) is 9.50. The van der Waals surface area contributed by atoms with Gasteiger partial charge in [0.15, 0.2) is 0 Å². The molecule has 0 amide bonds. The SMILES string of the molecule is CO.Cc1c[nH]c(=O)[nH]c1=O.N/C=N\N(N)C1CCOC1. The van der Waals surface area contributed by atoms with Gasteiger partial charge < -0.3 is 20.6 Å². The molecule has 0 aromatic carbocycles. The summed E-state index contributed by atoms with van der Waals surface area (Å²) in [6, 6.07) is 0.194. The number of aliphatic hydroxyl groups is 1. The molecule has 0 radical (unpaired) electrons. The highest BCUT2D eigenvalue weighted by molar-refractivity contribution is 5.50. The van der Waals surface area contributed by atoms with Crippen LogP contribution in [0, 0.1) is 6.92 Å². The quantitative estimate of drug-likeness (QED) is 0.180. The van der Waals surface area contributed by atoms with E-state index in [1.807, 2.05) is 0 Å². The first kappa shape index (κ1) is 18.8. The lowest BCUT2D eigenvalue weighted by Gasteiger charge is -2.17. The molecule has 0 spiro atoms. The third-order valence-corrected chi connectivity index (χ3v) is 2.48. The van der Waals surface area contributed by atoms with Crippen LogP contribution in [0.2, 0.25) is 0 Å². The Labute approximate surface area is 121 Å². The number of ether oxygens (including phenoxy) is 1. The average Bonchev–Trinajstić information content (AvgIpc) is 3.01. The molecule has 10 nitrogen and oxygen atoms in total. The van der Waals surface area contributed by atoms with E-state index in [0.29, 0.717) is 12.2 Å². The summed E-state index contributed by atoms with van der Waals surface area (Å²) in [5.74, 6) is 5.46. The van der Waals surface area contributed by atoms with Crippen LogP contribution in [0.15, 0.2) is 20.9 Å². The summed E-state index contributed by atoms with van der Waals surface area (Å²) >= 11 is 0. The molecule has 1 aromatic heterocycles. The number of rotatable bonds is 2. The predicted molar refractivity (Wildman–Crippen MR) is 78.5 cm³/mol. The Hall–Kier alpha value is -2.17. The van der Waals surface area contributed by atoms with Crippen molar-refractivity contribution in [1.82, 2.24) is 15.1 Å².